The molecule has 0 N–H and O–H groups in total. The van der Waals surface area contributed by atoms with Gasteiger partial charge in [0.25, 0.3) is 0 Å². The first-order chi connectivity index (χ1) is 21.1. The summed E-state index contributed by atoms with van der Waals surface area (Å²) in [5.41, 5.74) is 3.30. The molecule has 0 saturated heterocycles. The number of rotatable bonds is 17. The van der Waals surface area contributed by atoms with Gasteiger partial charge in [0.15, 0.2) is 0 Å². The van der Waals surface area contributed by atoms with E-state index in [2.05, 4.69) is 0 Å². The molecule has 0 aromatic heterocycles. The molecule has 0 fully saturated rings. The summed E-state index contributed by atoms with van der Waals surface area (Å²) in [7, 11) is -9.55. The summed E-state index contributed by atoms with van der Waals surface area (Å²) in [6.45, 7) is -0.0493. The number of benzene rings is 4. The van der Waals surface area contributed by atoms with Crippen molar-refractivity contribution in [3.8, 4) is 0 Å². The van der Waals surface area contributed by atoms with E-state index in [9.17, 15) is 25.9 Å². The van der Waals surface area contributed by atoms with Gasteiger partial charge in [-0.2, -0.15) is 0 Å². The minimum absolute atomic E-state index is 0. The van der Waals surface area contributed by atoms with Crippen molar-refractivity contribution >= 4 is 46.9 Å². The van der Waals surface area contributed by atoms with Crippen molar-refractivity contribution in [2.24, 2.45) is 0 Å². The van der Waals surface area contributed by atoms with Crippen molar-refractivity contribution < 1.29 is 129 Å². The molecule has 0 radical (unpaired) electrons. The molecule has 0 saturated carbocycles. The topological polar surface area (TPSA) is 121 Å². The first kappa shape index (κ1) is 43.1. The summed E-state index contributed by atoms with van der Waals surface area (Å²) >= 11 is -0.182. The van der Waals surface area contributed by atoms with Crippen LogP contribution < -0.4 is 103 Å². The second-order valence-corrected chi connectivity index (χ2v) is 20.4. The van der Waals surface area contributed by atoms with E-state index in [1.165, 1.54) is 0 Å². The van der Waals surface area contributed by atoms with Gasteiger partial charge in [-0.3, -0.25) is 0 Å². The van der Waals surface area contributed by atoms with Crippen molar-refractivity contribution in [2.75, 3.05) is 0 Å². The van der Waals surface area contributed by atoms with Crippen LogP contribution >= 0.6 is 0 Å². The molecule has 0 aliphatic heterocycles. The Morgan fingerprint density at radius 3 is 1.00 bits per heavy atom. The second-order valence-electron chi connectivity index (χ2n) is 10.2. The molecule has 0 unspecified atom stereocenters. The van der Waals surface area contributed by atoms with E-state index in [0.717, 1.165) is 30.9 Å². The molecule has 4 rings (SSSR count). The second kappa shape index (κ2) is 22.0. The third kappa shape index (κ3) is 15.0. The van der Waals surface area contributed by atoms with Gasteiger partial charge >= 0.3 is 376 Å². The molecule has 0 aliphatic carbocycles. The van der Waals surface area contributed by atoms with Crippen LogP contribution in [0, 0.1) is 0 Å². The zero-order valence-corrected chi connectivity index (χ0v) is 37.2. The Morgan fingerprint density at radius 2 is 0.739 bits per heavy atom. The molecule has 2 atom stereocenters. The fourth-order valence-corrected chi connectivity index (χ4v) is 14.7. The fraction of sp³-hybridized carbons (Fsp3) is 0.250. The minimum Gasteiger partial charge on any atom is 1.00 e. The van der Waals surface area contributed by atoms with Gasteiger partial charge in [-0.25, -0.2) is 0 Å². The maximum absolute atomic E-state index is 12.6. The largest absolute Gasteiger partial charge is 1.00 e. The molecule has 0 aliphatic rings. The summed E-state index contributed by atoms with van der Waals surface area (Å²) in [4.78, 5) is 0. The van der Waals surface area contributed by atoms with Gasteiger partial charge in [-0.05, 0) is 0 Å². The first-order valence-corrected chi connectivity index (χ1v) is 23.4. The third-order valence-corrected chi connectivity index (χ3v) is 16.3. The Kier molecular flexibility index (Phi) is 20.6. The molecule has 4 aromatic carbocycles. The molecule has 4 aromatic rings. The summed E-state index contributed by atoms with van der Waals surface area (Å²) in [5, 5.41) is 0.966. The van der Waals surface area contributed by atoms with Crippen LogP contribution in [-0.4, -0.2) is 72.9 Å². The predicted molar refractivity (Wildman–Crippen MR) is 172 cm³/mol. The summed E-state index contributed by atoms with van der Waals surface area (Å²) in [5.74, 6) is 0. The zero-order valence-electron chi connectivity index (χ0n) is 25.9. The van der Waals surface area contributed by atoms with Crippen LogP contribution in [0.4, 0.5) is 0 Å². The Bertz CT molecular complexity index is 1520. The SMILES string of the molecule is O=S(=O)([O-])N(Cc1ccccc1)[C@H](C[Se][Se]C[C@H](Cc1ccccc1)N(Cc1ccccc1)S(=O)(=O)[O-])Cc1ccccc1.[K+].[K+]. The van der Waals surface area contributed by atoms with Crippen molar-refractivity contribution in [3.63, 3.8) is 0 Å². The van der Waals surface area contributed by atoms with Gasteiger partial charge in [-0.1, -0.05) is 0 Å². The van der Waals surface area contributed by atoms with E-state index < -0.39 is 32.7 Å². The molecule has 0 spiro atoms. The Morgan fingerprint density at radius 1 is 0.478 bits per heavy atom. The van der Waals surface area contributed by atoms with Crippen LogP contribution in [0.5, 0.6) is 0 Å². The van der Waals surface area contributed by atoms with Crippen LogP contribution in [0.3, 0.4) is 0 Å². The molecule has 0 bridgehead atoms. The molecule has 0 heterocycles. The molecule has 234 valence electrons. The maximum atomic E-state index is 12.6. The molecule has 8 nitrogen and oxygen atoms in total. The molecule has 46 heavy (non-hydrogen) atoms. The van der Waals surface area contributed by atoms with Gasteiger partial charge in [0.1, 0.15) is 0 Å². The van der Waals surface area contributed by atoms with Gasteiger partial charge in [0.2, 0.25) is 0 Å². The van der Waals surface area contributed by atoms with E-state index in [0.29, 0.717) is 23.5 Å². The van der Waals surface area contributed by atoms with E-state index in [4.69, 9.17) is 0 Å². The number of hydrogen-bond acceptors (Lipinski definition) is 6. The van der Waals surface area contributed by atoms with Gasteiger partial charge < -0.3 is 0 Å². The number of nitrogens with zero attached hydrogens (tertiary/aromatic N) is 2. The molecular weight excluding hydrogens is 809 g/mol. The molecule has 14 heteroatoms. The van der Waals surface area contributed by atoms with Crippen LogP contribution in [0.15, 0.2) is 121 Å². The maximum Gasteiger partial charge on any atom is 1.00 e. The van der Waals surface area contributed by atoms with Gasteiger partial charge in [-0.15, -0.1) is 0 Å². The van der Waals surface area contributed by atoms with Crippen LogP contribution in [0.2, 0.25) is 10.6 Å². The van der Waals surface area contributed by atoms with E-state index in [1.807, 2.05) is 97.1 Å². The average Bonchev–Trinajstić information content (AvgIpc) is 3.01. The number of hydrogen-bond donors (Lipinski definition) is 0. The molecular formula is C32H34K2N2O6S2Se2. The van der Waals surface area contributed by atoms with Crippen LogP contribution in [-0.2, 0) is 46.5 Å². The summed E-state index contributed by atoms with van der Waals surface area (Å²) < 4.78 is 77.5. The van der Waals surface area contributed by atoms with Crippen molar-refractivity contribution in [2.45, 2.75) is 48.7 Å². The van der Waals surface area contributed by atoms with E-state index in [1.54, 1.807) is 24.3 Å². The Balaban J connectivity index is 0.00000368. The Labute approximate surface area is 370 Å². The van der Waals surface area contributed by atoms with Crippen LogP contribution in [0.1, 0.15) is 22.3 Å². The zero-order chi connectivity index (χ0) is 31.4. The summed E-state index contributed by atoms with van der Waals surface area (Å²) in [6, 6.07) is 35.9. The van der Waals surface area contributed by atoms with Gasteiger partial charge in [0.05, 0.1) is 0 Å². The quantitative estimate of drug-likeness (QED) is 0.0712. The Hall–Kier alpha value is 0.932. The third-order valence-electron chi connectivity index (χ3n) is 6.98. The van der Waals surface area contributed by atoms with E-state index in [-0.39, 0.29) is 142 Å². The fourth-order valence-electron chi connectivity index (χ4n) is 4.82. The van der Waals surface area contributed by atoms with Gasteiger partial charge in [0, 0.05) is 0 Å². The smallest absolute Gasteiger partial charge is 1.00 e. The minimum atomic E-state index is -4.77. The van der Waals surface area contributed by atoms with Crippen molar-refractivity contribution in [1.29, 1.82) is 0 Å². The van der Waals surface area contributed by atoms with Crippen molar-refractivity contribution in [1.82, 2.24) is 8.61 Å². The average molecular weight is 843 g/mol. The van der Waals surface area contributed by atoms with E-state index >= 15 is 0 Å². The normalized spacial score (nSPS) is 13.0. The monoisotopic (exact) mass is 844 g/mol. The predicted octanol–water partition coefficient (Wildman–Crippen LogP) is -1.70. The first-order valence-electron chi connectivity index (χ1n) is 13.9. The summed E-state index contributed by atoms with van der Waals surface area (Å²) in [6.07, 6.45) is 0.769. The standard InChI is InChI=1S/C32H36N2O6S2Se2.2K/c35-41(36,37)33(23-29-17-9-3-10-18-29)31(21-27-13-5-1-6-14-27)25-43-44-26-32(22-28-15-7-2-8-16-28)34(42(38,39)40)24-30-19-11-4-12-20-30;;/h1-20,31-32H,21-26H2,(H,35,36,37)(H,38,39,40);;/q;2*+1/p-2/t31-,32-;;/m0../s1. The molecule has 0 amide bonds. The van der Waals surface area contributed by atoms with Crippen LogP contribution in [0.25, 0.3) is 0 Å². The van der Waals surface area contributed by atoms with Crippen molar-refractivity contribution in [3.05, 3.63) is 144 Å².